The number of ether oxygens (including phenoxy) is 3. The summed E-state index contributed by atoms with van der Waals surface area (Å²) >= 11 is 0. The van der Waals surface area contributed by atoms with Gasteiger partial charge in [-0.05, 0) is 76.8 Å². The van der Waals surface area contributed by atoms with Crippen molar-refractivity contribution in [3.05, 3.63) is 54.4 Å². The summed E-state index contributed by atoms with van der Waals surface area (Å²) in [4.78, 5) is 21.4. The van der Waals surface area contributed by atoms with E-state index >= 15 is 0 Å². The summed E-state index contributed by atoms with van der Waals surface area (Å²) in [5.41, 5.74) is 10.5. The molecule has 3 N–H and O–H groups in total. The van der Waals surface area contributed by atoms with E-state index in [4.69, 9.17) is 19.9 Å². The van der Waals surface area contributed by atoms with Crippen molar-refractivity contribution in [3.8, 4) is 17.0 Å². The van der Waals surface area contributed by atoms with Gasteiger partial charge in [0.1, 0.15) is 11.4 Å². The van der Waals surface area contributed by atoms with Crippen LogP contribution in [-0.2, 0) is 15.9 Å². The summed E-state index contributed by atoms with van der Waals surface area (Å²) in [5.74, 6) is 1.11. The maximum atomic E-state index is 11.9. The van der Waals surface area contributed by atoms with E-state index in [1.165, 1.54) is 5.69 Å². The largest absolute Gasteiger partial charge is 0.467 e. The van der Waals surface area contributed by atoms with Gasteiger partial charge in [0.15, 0.2) is 12.6 Å². The molecule has 0 aliphatic carbocycles. The summed E-state index contributed by atoms with van der Waals surface area (Å²) in [6, 6.07) is 14.7. The Hall–Kier alpha value is -4.12. The lowest BCUT2D eigenvalue weighted by molar-refractivity contribution is 0.0514. The van der Waals surface area contributed by atoms with E-state index in [0.717, 1.165) is 55.7 Å². The average Bonchev–Trinajstić information content (AvgIpc) is 3.23. The van der Waals surface area contributed by atoms with Crippen molar-refractivity contribution in [1.82, 2.24) is 20.5 Å². The maximum Gasteiger partial charge on any atom is 0.407 e. The van der Waals surface area contributed by atoms with Crippen molar-refractivity contribution in [3.63, 3.8) is 0 Å². The molecule has 11 nitrogen and oxygen atoms in total. The van der Waals surface area contributed by atoms with Crippen LogP contribution in [0, 0.1) is 0 Å². The second kappa shape index (κ2) is 12.8. The Morgan fingerprint density at radius 3 is 2.60 bits per heavy atom. The van der Waals surface area contributed by atoms with Crippen molar-refractivity contribution < 1.29 is 19.0 Å². The summed E-state index contributed by atoms with van der Waals surface area (Å²) in [6.07, 6.45) is 5.27. The number of nitrogens with zero attached hydrogens (tertiary/aromatic N) is 5. The number of pyridine rings is 1. The fourth-order valence-electron chi connectivity index (χ4n) is 5.76. The second-order valence-corrected chi connectivity index (χ2v) is 11.8. The van der Waals surface area contributed by atoms with Crippen LogP contribution in [0.3, 0.4) is 0 Å². The van der Waals surface area contributed by atoms with E-state index in [2.05, 4.69) is 42.4 Å². The minimum Gasteiger partial charge on any atom is -0.467 e. The molecule has 224 valence electrons. The van der Waals surface area contributed by atoms with Crippen LogP contribution in [0.2, 0.25) is 0 Å². The van der Waals surface area contributed by atoms with Gasteiger partial charge in [-0.2, -0.15) is 0 Å². The van der Waals surface area contributed by atoms with Crippen molar-refractivity contribution in [1.29, 1.82) is 0 Å². The Balaban J connectivity index is 1.24. The van der Waals surface area contributed by atoms with E-state index in [1.807, 2.05) is 57.3 Å². The summed E-state index contributed by atoms with van der Waals surface area (Å²) in [6.45, 7) is 7.94. The average molecular weight is 576 g/mol. The molecule has 2 unspecified atom stereocenters. The second-order valence-electron chi connectivity index (χ2n) is 11.8. The standard InChI is InChI=1S/C31H41N7O4/c1-31(2,3)42-30(39)34-14-7-8-21-16-22(13-15-33-21)38-23-11-12-24(38)19-37(18-23)27-17-26(35-36-29(27)32)25-9-5-6-10-28(25)41-20-40-4/h5-6,9-10,13,15-17,23-24H,7-8,11-12,14,18-20H2,1-4H3,(H2,32,36)(H,34,39). The van der Waals surface area contributed by atoms with Gasteiger partial charge in [0.05, 0.1) is 11.4 Å². The predicted octanol–water partition coefficient (Wildman–Crippen LogP) is 4.42. The van der Waals surface area contributed by atoms with Crippen molar-refractivity contribution in [2.45, 2.75) is 64.1 Å². The number of para-hydroxylation sites is 1. The molecule has 2 aromatic heterocycles. The lowest BCUT2D eigenvalue weighted by Crippen LogP contribution is -2.54. The van der Waals surface area contributed by atoms with E-state index < -0.39 is 5.60 Å². The number of carbonyl (C=O) groups is 1. The first-order valence-corrected chi connectivity index (χ1v) is 14.5. The molecule has 2 fully saturated rings. The number of methoxy groups -OCH3 is 1. The van der Waals surface area contributed by atoms with Crippen molar-refractivity contribution >= 4 is 23.3 Å². The maximum absolute atomic E-state index is 11.9. The third kappa shape index (κ3) is 7.02. The number of hydrogen-bond donors (Lipinski definition) is 2. The molecule has 1 amide bonds. The summed E-state index contributed by atoms with van der Waals surface area (Å²) < 4.78 is 16.2. The van der Waals surface area contributed by atoms with Crippen molar-refractivity contribution in [2.75, 3.05) is 49.1 Å². The number of hydrogen-bond acceptors (Lipinski definition) is 10. The molecule has 5 rings (SSSR count). The Labute approximate surface area is 247 Å². The van der Waals surface area contributed by atoms with E-state index in [9.17, 15) is 4.79 Å². The molecule has 0 radical (unpaired) electrons. The summed E-state index contributed by atoms with van der Waals surface area (Å²) in [7, 11) is 1.59. The zero-order chi connectivity index (χ0) is 29.7. The molecule has 0 spiro atoms. The van der Waals surface area contributed by atoms with E-state index in [1.54, 1.807) is 7.11 Å². The number of anilines is 3. The molecule has 2 aliphatic rings. The Morgan fingerprint density at radius 1 is 1.10 bits per heavy atom. The van der Waals surface area contributed by atoms with Crippen LogP contribution in [0.15, 0.2) is 48.7 Å². The zero-order valence-corrected chi connectivity index (χ0v) is 24.9. The number of nitrogen functional groups attached to an aromatic ring is 1. The predicted molar refractivity (Wildman–Crippen MR) is 163 cm³/mol. The van der Waals surface area contributed by atoms with Gasteiger partial charge in [0.2, 0.25) is 0 Å². The molecule has 2 aliphatic heterocycles. The molecular weight excluding hydrogens is 534 g/mol. The van der Waals surface area contributed by atoms with E-state index in [0.29, 0.717) is 35.9 Å². The quantitative estimate of drug-likeness (QED) is 0.265. The highest BCUT2D eigenvalue weighted by atomic mass is 16.7. The van der Waals surface area contributed by atoms with Crippen LogP contribution in [0.4, 0.5) is 22.0 Å². The monoisotopic (exact) mass is 575 g/mol. The van der Waals surface area contributed by atoms with Crippen LogP contribution in [0.1, 0.15) is 45.7 Å². The van der Waals surface area contributed by atoms with Crippen LogP contribution in [0.25, 0.3) is 11.3 Å². The number of alkyl carbamates (subject to hydrolysis) is 1. The molecule has 11 heteroatoms. The number of amides is 1. The Kier molecular flexibility index (Phi) is 8.96. The van der Waals surface area contributed by atoms with Crippen LogP contribution in [0.5, 0.6) is 5.75 Å². The number of aromatic nitrogens is 3. The minimum absolute atomic E-state index is 0.150. The molecule has 42 heavy (non-hydrogen) atoms. The Bertz CT molecular complexity index is 1370. The Morgan fingerprint density at radius 2 is 1.86 bits per heavy atom. The van der Waals surface area contributed by atoms with Gasteiger partial charge in [-0.25, -0.2) is 4.79 Å². The van der Waals surface area contributed by atoms with Gasteiger partial charge >= 0.3 is 6.09 Å². The number of rotatable bonds is 10. The zero-order valence-electron chi connectivity index (χ0n) is 24.9. The number of nitrogens with one attached hydrogen (secondary N) is 1. The third-order valence-corrected chi connectivity index (χ3v) is 7.50. The van der Waals surface area contributed by atoms with Gasteiger partial charge in [0, 0.05) is 62.0 Å². The first kappa shape index (κ1) is 29.4. The fourth-order valence-corrected chi connectivity index (χ4v) is 5.76. The van der Waals surface area contributed by atoms with Crippen LogP contribution < -0.4 is 25.6 Å². The smallest absolute Gasteiger partial charge is 0.407 e. The molecule has 2 bridgehead atoms. The molecular formula is C31H41N7O4. The molecule has 1 aromatic carbocycles. The number of piperazine rings is 1. The first-order valence-electron chi connectivity index (χ1n) is 14.5. The minimum atomic E-state index is -0.504. The normalized spacial score (nSPS) is 18.2. The lowest BCUT2D eigenvalue weighted by Gasteiger charge is -2.43. The topological polar surface area (TPSA) is 128 Å². The van der Waals surface area contributed by atoms with Gasteiger partial charge in [0.25, 0.3) is 0 Å². The van der Waals surface area contributed by atoms with Gasteiger partial charge in [-0.15, -0.1) is 10.2 Å². The molecule has 4 heterocycles. The highest BCUT2D eigenvalue weighted by Gasteiger charge is 2.40. The molecule has 3 aromatic rings. The molecule has 0 saturated carbocycles. The SMILES string of the molecule is COCOc1ccccc1-c1cc(N2CC3CCC(C2)N3c2ccnc(CCCNC(=O)OC(C)(C)C)c2)c(N)nn1. The number of aryl methyl sites for hydroxylation is 1. The number of nitrogens with two attached hydrogens (primary N) is 1. The number of benzene rings is 1. The van der Waals surface area contributed by atoms with Gasteiger partial charge in [-0.3, -0.25) is 4.98 Å². The highest BCUT2D eigenvalue weighted by Crippen LogP contribution is 2.39. The van der Waals surface area contributed by atoms with E-state index in [-0.39, 0.29) is 12.9 Å². The third-order valence-electron chi connectivity index (χ3n) is 7.50. The van der Waals surface area contributed by atoms with Crippen molar-refractivity contribution in [2.24, 2.45) is 0 Å². The van der Waals surface area contributed by atoms with Gasteiger partial charge < -0.3 is 35.1 Å². The fraction of sp³-hybridized carbons (Fsp3) is 0.484. The lowest BCUT2D eigenvalue weighted by atomic mass is 10.1. The van der Waals surface area contributed by atoms with Gasteiger partial charge in [-0.1, -0.05) is 12.1 Å². The molecule has 2 saturated heterocycles. The van der Waals surface area contributed by atoms with Crippen LogP contribution in [-0.4, -0.2) is 72.5 Å². The van der Waals surface area contributed by atoms with Crippen LogP contribution >= 0.6 is 0 Å². The first-order chi connectivity index (χ1) is 20.2. The number of fused-ring (bicyclic) bond motifs is 2. The summed E-state index contributed by atoms with van der Waals surface area (Å²) in [5, 5.41) is 11.5. The highest BCUT2D eigenvalue weighted by molar-refractivity contribution is 5.75. The number of carbonyl (C=O) groups excluding carboxylic acids is 1. The molecule has 2 atom stereocenters.